The van der Waals surface area contributed by atoms with Crippen molar-refractivity contribution in [1.29, 1.82) is 0 Å². The number of rotatable bonds is 7. The maximum Gasteiger partial charge on any atom is 0.227 e. The number of ether oxygens (including phenoxy) is 1. The molecular weight excluding hydrogens is 368 g/mol. The van der Waals surface area contributed by atoms with Crippen LogP contribution in [0, 0.1) is 11.2 Å². The molecule has 0 unspecified atom stereocenters. The number of hydrogen-bond acceptors (Lipinski definition) is 4. The average molecular weight is 396 g/mol. The van der Waals surface area contributed by atoms with Crippen LogP contribution < -0.4 is 11.1 Å². The molecule has 1 saturated heterocycles. The highest BCUT2D eigenvalue weighted by molar-refractivity contribution is 5.85. The lowest BCUT2D eigenvalue weighted by atomic mass is 9.79. The summed E-state index contributed by atoms with van der Waals surface area (Å²) < 4.78 is 18.2. The molecule has 1 aromatic carbocycles. The fourth-order valence-electron chi connectivity index (χ4n) is 2.81. The van der Waals surface area contributed by atoms with Crippen LogP contribution in [0.3, 0.4) is 0 Å². The summed E-state index contributed by atoms with van der Waals surface area (Å²) in [7, 11) is 1.97. The molecule has 0 atom stereocenters. The second kappa shape index (κ2) is 11.6. The van der Waals surface area contributed by atoms with Gasteiger partial charge in [-0.3, -0.25) is 4.79 Å². The second-order valence-electron chi connectivity index (χ2n) is 6.22. The van der Waals surface area contributed by atoms with E-state index in [4.69, 9.17) is 10.5 Å². The number of likely N-dealkylation sites (N-methyl/N-ethyl adjacent to an activating group) is 1. The van der Waals surface area contributed by atoms with Crippen molar-refractivity contribution in [2.24, 2.45) is 11.1 Å². The highest BCUT2D eigenvalue weighted by Gasteiger charge is 2.38. The standard InChI is InChI=1S/C17H26FN3O2.2ClH/c1-21(12-14-2-4-15(18)5-3-14)9-8-20-16(22)17(13-19)6-10-23-11-7-17;;/h2-5H,6-13,19H2,1H3,(H,20,22);2*1H. The highest BCUT2D eigenvalue weighted by Crippen LogP contribution is 2.29. The summed E-state index contributed by atoms with van der Waals surface area (Å²) in [5.74, 6) is -0.203. The molecule has 3 N–H and O–H groups in total. The van der Waals surface area contributed by atoms with Crippen LogP contribution in [0.5, 0.6) is 0 Å². The van der Waals surface area contributed by atoms with Gasteiger partial charge in [0.05, 0.1) is 5.41 Å². The molecule has 1 aliphatic rings. The Bertz CT molecular complexity index is 511. The summed E-state index contributed by atoms with van der Waals surface area (Å²) in [6.07, 6.45) is 1.36. The molecule has 5 nitrogen and oxygen atoms in total. The van der Waals surface area contributed by atoms with Crippen LogP contribution in [0.2, 0.25) is 0 Å². The van der Waals surface area contributed by atoms with Gasteiger partial charge in [-0.1, -0.05) is 12.1 Å². The van der Waals surface area contributed by atoms with Crippen molar-refractivity contribution in [3.05, 3.63) is 35.6 Å². The van der Waals surface area contributed by atoms with Crippen LogP contribution in [-0.2, 0) is 16.1 Å². The fourth-order valence-corrected chi connectivity index (χ4v) is 2.81. The lowest BCUT2D eigenvalue weighted by molar-refractivity contribution is -0.135. The summed E-state index contributed by atoms with van der Waals surface area (Å²) in [6.45, 7) is 3.54. The zero-order chi connectivity index (χ0) is 16.7. The Hall–Kier alpha value is -0.920. The second-order valence-corrected chi connectivity index (χ2v) is 6.22. The van der Waals surface area contributed by atoms with Crippen LogP contribution in [0.4, 0.5) is 4.39 Å². The van der Waals surface area contributed by atoms with Gasteiger partial charge in [0.1, 0.15) is 5.82 Å². The molecule has 1 amide bonds. The van der Waals surface area contributed by atoms with E-state index in [9.17, 15) is 9.18 Å². The van der Waals surface area contributed by atoms with Gasteiger partial charge < -0.3 is 20.7 Å². The van der Waals surface area contributed by atoms with Crippen LogP contribution in [0.15, 0.2) is 24.3 Å². The molecule has 2 rings (SSSR count). The zero-order valence-corrected chi connectivity index (χ0v) is 16.1. The maximum atomic E-state index is 12.9. The van der Waals surface area contributed by atoms with E-state index >= 15 is 0 Å². The molecule has 8 heteroatoms. The van der Waals surface area contributed by atoms with Gasteiger partial charge in [0, 0.05) is 39.4 Å². The molecule has 25 heavy (non-hydrogen) atoms. The van der Waals surface area contributed by atoms with Crippen molar-refractivity contribution in [3.8, 4) is 0 Å². The first-order valence-electron chi connectivity index (χ1n) is 8.05. The number of halogens is 3. The van der Waals surface area contributed by atoms with Crippen LogP contribution in [0.25, 0.3) is 0 Å². The van der Waals surface area contributed by atoms with Gasteiger partial charge in [0.2, 0.25) is 5.91 Å². The number of benzene rings is 1. The van der Waals surface area contributed by atoms with Crippen molar-refractivity contribution >= 4 is 30.7 Å². The highest BCUT2D eigenvalue weighted by atomic mass is 35.5. The maximum absolute atomic E-state index is 12.9. The van der Waals surface area contributed by atoms with Gasteiger partial charge in [-0.25, -0.2) is 4.39 Å². The lowest BCUT2D eigenvalue weighted by Gasteiger charge is -2.34. The van der Waals surface area contributed by atoms with E-state index in [1.165, 1.54) is 12.1 Å². The molecular formula is C17H28Cl2FN3O2. The van der Waals surface area contributed by atoms with Gasteiger partial charge in [-0.05, 0) is 37.6 Å². The molecule has 1 fully saturated rings. The van der Waals surface area contributed by atoms with Crippen LogP contribution >= 0.6 is 24.8 Å². The van der Waals surface area contributed by atoms with E-state index in [1.807, 2.05) is 7.05 Å². The van der Waals surface area contributed by atoms with Crippen molar-refractivity contribution < 1.29 is 13.9 Å². The van der Waals surface area contributed by atoms with Crippen molar-refractivity contribution in [1.82, 2.24) is 10.2 Å². The van der Waals surface area contributed by atoms with Gasteiger partial charge in [0.15, 0.2) is 0 Å². The van der Waals surface area contributed by atoms with Gasteiger partial charge >= 0.3 is 0 Å². The third kappa shape index (κ3) is 7.07. The largest absolute Gasteiger partial charge is 0.381 e. The first-order chi connectivity index (χ1) is 11.1. The quantitative estimate of drug-likeness (QED) is 0.740. The fraction of sp³-hybridized carbons (Fsp3) is 0.588. The molecule has 0 spiro atoms. The third-order valence-corrected chi connectivity index (χ3v) is 4.47. The Morgan fingerprint density at radius 2 is 1.88 bits per heavy atom. The molecule has 0 aromatic heterocycles. The smallest absolute Gasteiger partial charge is 0.227 e. The Balaban J connectivity index is 0.00000288. The number of nitrogens with two attached hydrogens (primary N) is 1. The van der Waals surface area contributed by atoms with E-state index in [2.05, 4.69) is 10.2 Å². The summed E-state index contributed by atoms with van der Waals surface area (Å²) in [6, 6.07) is 6.47. The third-order valence-electron chi connectivity index (χ3n) is 4.47. The number of hydrogen-bond donors (Lipinski definition) is 2. The van der Waals surface area contributed by atoms with Crippen LogP contribution in [0.1, 0.15) is 18.4 Å². The zero-order valence-electron chi connectivity index (χ0n) is 14.5. The Morgan fingerprint density at radius 3 is 2.44 bits per heavy atom. The van der Waals surface area contributed by atoms with Crippen molar-refractivity contribution in [2.75, 3.05) is 39.9 Å². The van der Waals surface area contributed by atoms with Gasteiger partial charge in [-0.15, -0.1) is 24.8 Å². The Kier molecular flexibility index (Phi) is 11.2. The molecule has 0 bridgehead atoms. The summed E-state index contributed by atoms with van der Waals surface area (Å²) in [5.41, 5.74) is 6.39. The lowest BCUT2D eigenvalue weighted by Crippen LogP contribution is -2.50. The van der Waals surface area contributed by atoms with E-state index in [-0.39, 0.29) is 36.5 Å². The first kappa shape index (κ1) is 24.1. The van der Waals surface area contributed by atoms with Gasteiger partial charge in [-0.2, -0.15) is 0 Å². The minimum atomic E-state index is -0.478. The van der Waals surface area contributed by atoms with E-state index in [0.717, 1.165) is 12.1 Å². The summed E-state index contributed by atoms with van der Waals surface area (Å²) in [5, 5.41) is 2.99. The molecule has 1 aliphatic heterocycles. The van der Waals surface area contributed by atoms with Crippen LogP contribution in [-0.4, -0.2) is 50.7 Å². The molecule has 0 aliphatic carbocycles. The Morgan fingerprint density at radius 1 is 1.28 bits per heavy atom. The normalized spacial score (nSPS) is 15.8. The van der Waals surface area contributed by atoms with Gasteiger partial charge in [0.25, 0.3) is 0 Å². The predicted octanol–water partition coefficient (Wildman–Crippen LogP) is 1.97. The average Bonchev–Trinajstić information content (AvgIpc) is 2.57. The predicted molar refractivity (Wildman–Crippen MR) is 102 cm³/mol. The van der Waals surface area contributed by atoms with Crippen molar-refractivity contribution in [3.63, 3.8) is 0 Å². The minimum Gasteiger partial charge on any atom is -0.381 e. The van der Waals surface area contributed by atoms with E-state index < -0.39 is 5.41 Å². The topological polar surface area (TPSA) is 67.6 Å². The SMILES string of the molecule is CN(CCNC(=O)C1(CN)CCOCC1)Cc1ccc(F)cc1.Cl.Cl. The number of amides is 1. The minimum absolute atomic E-state index is 0. The molecule has 1 heterocycles. The van der Waals surface area contributed by atoms with E-state index in [1.54, 1.807) is 12.1 Å². The molecule has 0 saturated carbocycles. The molecule has 0 radical (unpaired) electrons. The Labute approximate surface area is 161 Å². The number of carbonyl (C=O) groups excluding carboxylic acids is 1. The first-order valence-corrected chi connectivity index (χ1v) is 8.05. The molecule has 144 valence electrons. The van der Waals surface area contributed by atoms with Crippen molar-refractivity contribution in [2.45, 2.75) is 19.4 Å². The summed E-state index contributed by atoms with van der Waals surface area (Å²) in [4.78, 5) is 14.5. The number of nitrogens with one attached hydrogen (secondary N) is 1. The number of nitrogens with zero attached hydrogens (tertiary/aromatic N) is 1. The van der Waals surface area contributed by atoms with E-state index in [0.29, 0.717) is 45.7 Å². The molecule has 1 aromatic rings. The number of carbonyl (C=O) groups is 1. The monoisotopic (exact) mass is 395 g/mol. The summed E-state index contributed by atoms with van der Waals surface area (Å²) >= 11 is 0.